The number of carbonyl (C=O) groups excluding carboxylic acids is 1. The molecule has 8 heteroatoms. The number of amides is 1. The van der Waals surface area contributed by atoms with Gasteiger partial charge in [0.1, 0.15) is 11.5 Å². The van der Waals surface area contributed by atoms with Gasteiger partial charge < -0.3 is 19.9 Å². The topological polar surface area (TPSA) is 75.5 Å². The van der Waals surface area contributed by atoms with Gasteiger partial charge in [-0.3, -0.25) is 9.48 Å². The highest BCUT2D eigenvalue weighted by Gasteiger charge is 2.25. The van der Waals surface area contributed by atoms with Crippen LogP contribution in [0.15, 0.2) is 30.5 Å². The van der Waals surface area contributed by atoms with Gasteiger partial charge in [0, 0.05) is 45.0 Å². The normalized spacial score (nSPS) is 20.2. The van der Waals surface area contributed by atoms with Crippen molar-refractivity contribution in [2.75, 3.05) is 50.8 Å². The van der Waals surface area contributed by atoms with E-state index in [-0.39, 0.29) is 5.91 Å². The van der Waals surface area contributed by atoms with Crippen LogP contribution >= 0.6 is 0 Å². The first kappa shape index (κ1) is 18.7. The molecule has 1 amide bonds. The number of ether oxygens (including phenoxy) is 1. The van der Waals surface area contributed by atoms with Crippen molar-refractivity contribution in [3.8, 4) is 5.88 Å². The summed E-state index contributed by atoms with van der Waals surface area (Å²) in [5.41, 5.74) is 0.537. The largest absolute Gasteiger partial charge is 0.478 e. The van der Waals surface area contributed by atoms with Crippen molar-refractivity contribution >= 4 is 11.7 Å². The van der Waals surface area contributed by atoms with Gasteiger partial charge in [0.25, 0.3) is 5.91 Å². The van der Waals surface area contributed by atoms with Gasteiger partial charge >= 0.3 is 0 Å². The van der Waals surface area contributed by atoms with Crippen molar-refractivity contribution in [1.82, 2.24) is 25.0 Å². The number of hydrogen-bond donors (Lipinski definition) is 1. The summed E-state index contributed by atoms with van der Waals surface area (Å²) in [4.78, 5) is 21.5. The molecule has 0 spiro atoms. The molecule has 2 aliphatic heterocycles. The quantitative estimate of drug-likeness (QED) is 0.843. The molecule has 2 saturated heterocycles. The molecular weight excluding hydrogens is 356 g/mol. The number of aromatic nitrogens is 3. The molecule has 0 bridgehead atoms. The number of piperazine rings is 1. The van der Waals surface area contributed by atoms with Crippen LogP contribution in [-0.4, -0.2) is 71.4 Å². The van der Waals surface area contributed by atoms with Crippen molar-refractivity contribution < 1.29 is 9.53 Å². The summed E-state index contributed by atoms with van der Waals surface area (Å²) in [6, 6.07) is 8.00. The van der Waals surface area contributed by atoms with Crippen molar-refractivity contribution in [1.29, 1.82) is 0 Å². The number of anilines is 1. The first-order valence-electron chi connectivity index (χ1n) is 10.1. The van der Waals surface area contributed by atoms with Crippen LogP contribution in [0.1, 0.15) is 36.3 Å². The Kier molecular flexibility index (Phi) is 5.76. The fourth-order valence-corrected chi connectivity index (χ4v) is 3.82. The van der Waals surface area contributed by atoms with E-state index < -0.39 is 0 Å². The summed E-state index contributed by atoms with van der Waals surface area (Å²) < 4.78 is 7.43. The molecular formula is C20H28N6O2. The third-order valence-electron chi connectivity index (χ3n) is 5.36. The highest BCUT2D eigenvalue weighted by molar-refractivity contribution is 5.92. The molecule has 0 radical (unpaired) electrons. The second-order valence-corrected chi connectivity index (χ2v) is 7.23. The average molecular weight is 384 g/mol. The fraction of sp³-hybridized carbons (Fsp3) is 0.550. The molecule has 150 valence electrons. The Morgan fingerprint density at radius 1 is 1.25 bits per heavy atom. The predicted molar refractivity (Wildman–Crippen MR) is 107 cm³/mol. The smallest absolute Gasteiger partial charge is 0.274 e. The van der Waals surface area contributed by atoms with E-state index in [1.165, 1.54) is 0 Å². The summed E-state index contributed by atoms with van der Waals surface area (Å²) in [7, 11) is 0. The lowest BCUT2D eigenvalue weighted by Crippen LogP contribution is -2.49. The zero-order valence-electron chi connectivity index (χ0n) is 16.4. The first-order chi connectivity index (χ1) is 13.7. The number of rotatable bonds is 5. The molecule has 28 heavy (non-hydrogen) atoms. The van der Waals surface area contributed by atoms with Gasteiger partial charge in [-0.25, -0.2) is 0 Å². The summed E-state index contributed by atoms with van der Waals surface area (Å²) in [5, 5.41) is 7.95. The van der Waals surface area contributed by atoms with E-state index in [1.807, 2.05) is 47.0 Å². The SMILES string of the molecule is CCOc1cccc(N2CCN(C(=O)c3ccn(C4CCCNC4)n3)CC2)n1. The monoisotopic (exact) mass is 384 g/mol. The molecule has 2 aromatic rings. The summed E-state index contributed by atoms with van der Waals surface area (Å²) in [6.07, 6.45) is 4.19. The highest BCUT2D eigenvalue weighted by Crippen LogP contribution is 2.19. The molecule has 2 aliphatic rings. The highest BCUT2D eigenvalue weighted by atomic mass is 16.5. The predicted octanol–water partition coefficient (Wildman–Crippen LogP) is 1.56. The van der Waals surface area contributed by atoms with E-state index in [2.05, 4.69) is 20.3 Å². The van der Waals surface area contributed by atoms with Gasteiger partial charge in [-0.2, -0.15) is 10.1 Å². The van der Waals surface area contributed by atoms with Gasteiger partial charge in [0.2, 0.25) is 5.88 Å². The Labute approximate surface area is 165 Å². The van der Waals surface area contributed by atoms with E-state index in [0.29, 0.717) is 37.3 Å². The molecule has 4 heterocycles. The van der Waals surface area contributed by atoms with Crippen LogP contribution in [0.2, 0.25) is 0 Å². The lowest BCUT2D eigenvalue weighted by molar-refractivity contribution is 0.0739. The minimum absolute atomic E-state index is 0.0122. The molecule has 2 aromatic heterocycles. The number of carbonyl (C=O) groups is 1. The number of pyridine rings is 1. The van der Waals surface area contributed by atoms with Gasteiger partial charge in [-0.05, 0) is 38.4 Å². The van der Waals surface area contributed by atoms with Crippen molar-refractivity contribution in [3.63, 3.8) is 0 Å². The molecule has 1 atom stereocenters. The van der Waals surface area contributed by atoms with Crippen molar-refractivity contribution in [2.45, 2.75) is 25.8 Å². The zero-order valence-corrected chi connectivity index (χ0v) is 16.4. The number of nitrogens with zero attached hydrogens (tertiary/aromatic N) is 5. The Bertz CT molecular complexity index is 793. The second kappa shape index (κ2) is 8.60. The molecule has 0 saturated carbocycles. The van der Waals surface area contributed by atoms with Crippen LogP contribution in [0, 0.1) is 0 Å². The van der Waals surface area contributed by atoms with Crippen LogP contribution in [-0.2, 0) is 0 Å². The van der Waals surface area contributed by atoms with E-state index >= 15 is 0 Å². The van der Waals surface area contributed by atoms with Crippen LogP contribution in [0.4, 0.5) is 5.82 Å². The van der Waals surface area contributed by atoms with Crippen LogP contribution < -0.4 is 15.0 Å². The molecule has 0 aliphatic carbocycles. The van der Waals surface area contributed by atoms with Crippen LogP contribution in [0.3, 0.4) is 0 Å². The van der Waals surface area contributed by atoms with Gasteiger partial charge in [0.15, 0.2) is 0 Å². The maximum Gasteiger partial charge on any atom is 0.274 e. The Morgan fingerprint density at radius 2 is 2.11 bits per heavy atom. The van der Waals surface area contributed by atoms with Gasteiger partial charge in [0.05, 0.1) is 12.6 Å². The van der Waals surface area contributed by atoms with Gasteiger partial charge in [-0.1, -0.05) is 6.07 Å². The maximum atomic E-state index is 12.9. The molecule has 2 fully saturated rings. The molecule has 8 nitrogen and oxygen atoms in total. The minimum Gasteiger partial charge on any atom is -0.478 e. The first-order valence-corrected chi connectivity index (χ1v) is 10.1. The lowest BCUT2D eigenvalue weighted by Gasteiger charge is -2.35. The summed E-state index contributed by atoms with van der Waals surface area (Å²) >= 11 is 0. The minimum atomic E-state index is 0.0122. The molecule has 1 N–H and O–H groups in total. The third kappa shape index (κ3) is 4.11. The summed E-state index contributed by atoms with van der Waals surface area (Å²) in [6.45, 7) is 7.36. The number of piperidine rings is 1. The van der Waals surface area contributed by atoms with Gasteiger partial charge in [-0.15, -0.1) is 0 Å². The molecule has 0 aromatic carbocycles. The van der Waals surface area contributed by atoms with Crippen LogP contribution in [0.25, 0.3) is 0 Å². The third-order valence-corrected chi connectivity index (χ3v) is 5.36. The van der Waals surface area contributed by atoms with Crippen molar-refractivity contribution in [3.05, 3.63) is 36.2 Å². The molecule has 1 unspecified atom stereocenters. The van der Waals surface area contributed by atoms with E-state index in [9.17, 15) is 4.79 Å². The standard InChI is InChI=1S/C20H28N6O2/c1-2-28-19-7-3-6-18(22-19)24-11-13-25(14-12-24)20(27)17-8-10-26(23-17)16-5-4-9-21-15-16/h3,6-8,10,16,21H,2,4-5,9,11-15H2,1H3. The number of hydrogen-bond acceptors (Lipinski definition) is 6. The fourth-order valence-electron chi connectivity index (χ4n) is 3.82. The van der Waals surface area contributed by atoms with Crippen molar-refractivity contribution in [2.24, 2.45) is 0 Å². The lowest BCUT2D eigenvalue weighted by atomic mass is 10.1. The Morgan fingerprint density at radius 3 is 2.86 bits per heavy atom. The van der Waals surface area contributed by atoms with E-state index in [1.54, 1.807) is 0 Å². The van der Waals surface area contributed by atoms with E-state index in [4.69, 9.17) is 4.74 Å². The maximum absolute atomic E-state index is 12.9. The number of nitrogens with one attached hydrogen (secondary N) is 1. The average Bonchev–Trinajstić information content (AvgIpc) is 3.25. The zero-order chi connectivity index (χ0) is 19.3. The van der Waals surface area contributed by atoms with E-state index in [0.717, 1.165) is 44.8 Å². The Balaban J connectivity index is 1.35. The summed E-state index contributed by atoms with van der Waals surface area (Å²) in [5.74, 6) is 1.55. The molecule has 4 rings (SSSR count). The Hall–Kier alpha value is -2.61. The van der Waals surface area contributed by atoms with Crippen LogP contribution in [0.5, 0.6) is 5.88 Å². The second-order valence-electron chi connectivity index (χ2n) is 7.23.